The van der Waals surface area contributed by atoms with E-state index in [0.29, 0.717) is 38.7 Å². The van der Waals surface area contributed by atoms with Gasteiger partial charge in [0.05, 0.1) is 5.75 Å². The molecule has 7 nitrogen and oxygen atoms in total. The Bertz CT molecular complexity index is 437. The lowest BCUT2D eigenvalue weighted by Gasteiger charge is -2.25. The molecule has 1 aliphatic heterocycles. The van der Waals surface area contributed by atoms with Crippen LogP contribution in [0.25, 0.3) is 0 Å². The molecule has 0 spiro atoms. The largest absolute Gasteiger partial charge is 0.382 e. The fourth-order valence-electron chi connectivity index (χ4n) is 2.10. The third-order valence-electron chi connectivity index (χ3n) is 3.28. The highest BCUT2D eigenvalue weighted by molar-refractivity contribution is 7.99. The third kappa shape index (κ3) is 8.78. The van der Waals surface area contributed by atoms with Crippen molar-refractivity contribution in [2.45, 2.75) is 20.3 Å². The second-order valence-corrected chi connectivity index (χ2v) is 8.38. The molecule has 2 N–H and O–H groups in total. The molecule has 0 bridgehead atoms. The number of hydrogen-bond acceptors (Lipinski definition) is 5. The molecule has 0 saturated carbocycles. The summed E-state index contributed by atoms with van der Waals surface area (Å²) in [5.74, 6) is 2.53. The lowest BCUT2D eigenvalue weighted by molar-refractivity contribution is 0.146. The van der Waals surface area contributed by atoms with Gasteiger partial charge in [0.1, 0.15) is 0 Å². The van der Waals surface area contributed by atoms with Crippen molar-refractivity contribution in [2.24, 2.45) is 4.99 Å². The van der Waals surface area contributed by atoms with E-state index in [4.69, 9.17) is 4.74 Å². The number of nitrogens with zero attached hydrogens (tertiary/aromatic N) is 2. The minimum atomic E-state index is -3.17. The first-order chi connectivity index (χ1) is 11.1. The van der Waals surface area contributed by atoms with Crippen LogP contribution in [0.3, 0.4) is 0 Å². The number of aliphatic imine (C=N–C) groups is 1. The lowest BCUT2D eigenvalue weighted by Crippen LogP contribution is -2.44. The van der Waals surface area contributed by atoms with Crippen LogP contribution in [-0.2, 0) is 14.8 Å². The highest BCUT2D eigenvalue weighted by Crippen LogP contribution is 2.12. The third-order valence-corrected chi connectivity index (χ3v) is 6.10. The molecular formula is C14H30N4O3S2. The minimum absolute atomic E-state index is 0.0982. The van der Waals surface area contributed by atoms with Crippen molar-refractivity contribution in [1.29, 1.82) is 0 Å². The van der Waals surface area contributed by atoms with Gasteiger partial charge in [-0.1, -0.05) is 0 Å². The number of sulfonamides is 1. The van der Waals surface area contributed by atoms with Gasteiger partial charge in [0.2, 0.25) is 10.0 Å². The van der Waals surface area contributed by atoms with E-state index in [1.807, 2.05) is 13.8 Å². The highest BCUT2D eigenvalue weighted by atomic mass is 32.2. The van der Waals surface area contributed by atoms with Crippen molar-refractivity contribution in [2.75, 3.05) is 63.2 Å². The minimum Gasteiger partial charge on any atom is -0.382 e. The maximum absolute atomic E-state index is 12.3. The van der Waals surface area contributed by atoms with Crippen LogP contribution in [0.1, 0.15) is 20.3 Å². The summed E-state index contributed by atoms with van der Waals surface area (Å²) < 4.78 is 31.4. The molecule has 0 unspecified atom stereocenters. The first-order valence-electron chi connectivity index (χ1n) is 8.25. The number of hydrogen-bond donors (Lipinski definition) is 2. The van der Waals surface area contributed by atoms with Crippen molar-refractivity contribution >= 4 is 27.7 Å². The van der Waals surface area contributed by atoms with E-state index in [1.54, 1.807) is 16.1 Å². The molecule has 0 atom stereocenters. The van der Waals surface area contributed by atoms with Crippen LogP contribution in [0.15, 0.2) is 4.99 Å². The van der Waals surface area contributed by atoms with E-state index < -0.39 is 10.0 Å². The number of thioether (sulfide) groups is 1. The number of nitrogens with one attached hydrogen (secondary N) is 2. The zero-order valence-electron chi connectivity index (χ0n) is 14.2. The van der Waals surface area contributed by atoms with Gasteiger partial charge in [-0.3, -0.25) is 4.99 Å². The van der Waals surface area contributed by atoms with Gasteiger partial charge in [-0.15, -0.1) is 0 Å². The van der Waals surface area contributed by atoms with E-state index in [2.05, 4.69) is 15.6 Å². The molecule has 0 aromatic carbocycles. The summed E-state index contributed by atoms with van der Waals surface area (Å²) in [5, 5.41) is 6.22. The first-order valence-corrected chi connectivity index (χ1v) is 11.0. The van der Waals surface area contributed by atoms with Gasteiger partial charge in [0.25, 0.3) is 0 Å². The van der Waals surface area contributed by atoms with Gasteiger partial charge in [0.15, 0.2) is 5.96 Å². The highest BCUT2D eigenvalue weighted by Gasteiger charge is 2.23. The molecule has 0 aromatic heterocycles. The first kappa shape index (κ1) is 20.5. The van der Waals surface area contributed by atoms with E-state index in [0.717, 1.165) is 31.1 Å². The van der Waals surface area contributed by atoms with Gasteiger partial charge >= 0.3 is 0 Å². The molecule has 1 saturated heterocycles. The van der Waals surface area contributed by atoms with E-state index in [-0.39, 0.29) is 5.75 Å². The molecule has 1 heterocycles. The van der Waals surface area contributed by atoms with Gasteiger partial charge in [-0.25, -0.2) is 12.7 Å². The molecule has 0 radical (unpaired) electrons. The average Bonchev–Trinajstić information content (AvgIpc) is 2.55. The molecule has 23 heavy (non-hydrogen) atoms. The predicted molar refractivity (Wildman–Crippen MR) is 97.8 cm³/mol. The Morgan fingerprint density at radius 2 is 2.00 bits per heavy atom. The van der Waals surface area contributed by atoms with Crippen molar-refractivity contribution in [3.8, 4) is 0 Å². The maximum Gasteiger partial charge on any atom is 0.215 e. The molecule has 1 fully saturated rings. The Morgan fingerprint density at radius 3 is 2.65 bits per heavy atom. The second-order valence-electron chi connectivity index (χ2n) is 5.07. The summed E-state index contributed by atoms with van der Waals surface area (Å²) in [7, 11) is -3.17. The molecule has 136 valence electrons. The molecule has 0 aliphatic carbocycles. The van der Waals surface area contributed by atoms with Gasteiger partial charge in [-0.2, -0.15) is 11.8 Å². The summed E-state index contributed by atoms with van der Waals surface area (Å²) in [6, 6.07) is 0. The number of rotatable bonds is 10. The molecule has 1 aliphatic rings. The molecule has 9 heteroatoms. The standard InChI is InChI=1S/C14H30N4O3S2/c1-3-15-14(16-6-5-10-21-4-2)17-7-13-23(19,20)18-8-11-22-12-9-18/h3-13H2,1-2H3,(H2,15,16,17). The van der Waals surface area contributed by atoms with Crippen LogP contribution in [-0.4, -0.2) is 81.9 Å². The Hall–Kier alpha value is -0.510. The lowest BCUT2D eigenvalue weighted by atomic mass is 10.4. The SMILES string of the molecule is CCNC(=NCCCOCC)NCCS(=O)(=O)N1CCSCC1. The van der Waals surface area contributed by atoms with Crippen LogP contribution in [0, 0.1) is 0 Å². The van der Waals surface area contributed by atoms with Crippen LogP contribution >= 0.6 is 11.8 Å². The van der Waals surface area contributed by atoms with E-state index in [1.165, 1.54) is 0 Å². The average molecular weight is 367 g/mol. The summed E-state index contributed by atoms with van der Waals surface area (Å²) in [4.78, 5) is 4.42. The molecule has 1 rings (SSSR count). The molecule has 0 aromatic rings. The topological polar surface area (TPSA) is 83.0 Å². The Labute approximate surface area is 144 Å². The van der Waals surface area contributed by atoms with Gasteiger partial charge in [0, 0.05) is 57.4 Å². The summed E-state index contributed by atoms with van der Waals surface area (Å²) in [6.07, 6.45) is 0.855. The van der Waals surface area contributed by atoms with Crippen molar-refractivity contribution in [3.63, 3.8) is 0 Å². The predicted octanol–water partition coefficient (Wildman–Crippen LogP) is 0.347. The normalized spacial score (nSPS) is 17.2. The van der Waals surface area contributed by atoms with Crippen molar-refractivity contribution in [3.05, 3.63) is 0 Å². The Morgan fingerprint density at radius 1 is 1.26 bits per heavy atom. The summed E-state index contributed by atoms with van der Waals surface area (Å²) in [6.45, 7) is 8.38. The van der Waals surface area contributed by atoms with Crippen LogP contribution in [0.4, 0.5) is 0 Å². The van der Waals surface area contributed by atoms with Crippen LogP contribution in [0.5, 0.6) is 0 Å². The van der Waals surface area contributed by atoms with Crippen LogP contribution < -0.4 is 10.6 Å². The number of guanidine groups is 1. The summed E-state index contributed by atoms with van der Waals surface area (Å²) in [5.41, 5.74) is 0. The van der Waals surface area contributed by atoms with E-state index >= 15 is 0 Å². The zero-order valence-corrected chi connectivity index (χ0v) is 15.8. The van der Waals surface area contributed by atoms with Crippen molar-refractivity contribution in [1.82, 2.24) is 14.9 Å². The smallest absolute Gasteiger partial charge is 0.215 e. The van der Waals surface area contributed by atoms with Crippen LogP contribution in [0.2, 0.25) is 0 Å². The zero-order chi connectivity index (χ0) is 17.0. The Balaban J connectivity index is 2.34. The maximum atomic E-state index is 12.3. The fraction of sp³-hybridized carbons (Fsp3) is 0.929. The quantitative estimate of drug-likeness (QED) is 0.330. The number of ether oxygens (including phenoxy) is 1. The second kappa shape index (κ2) is 11.9. The molecule has 0 amide bonds. The molecular weight excluding hydrogens is 336 g/mol. The van der Waals surface area contributed by atoms with Gasteiger partial charge in [-0.05, 0) is 20.3 Å². The summed E-state index contributed by atoms with van der Waals surface area (Å²) >= 11 is 1.80. The fourth-order valence-corrected chi connectivity index (χ4v) is 4.59. The van der Waals surface area contributed by atoms with Crippen molar-refractivity contribution < 1.29 is 13.2 Å². The van der Waals surface area contributed by atoms with E-state index in [9.17, 15) is 8.42 Å². The Kier molecular flexibility index (Phi) is 10.7. The van der Waals surface area contributed by atoms with Gasteiger partial charge < -0.3 is 15.4 Å². The monoisotopic (exact) mass is 366 g/mol.